The summed E-state index contributed by atoms with van der Waals surface area (Å²) < 4.78 is 6.57. The third-order valence-electron chi connectivity index (χ3n) is 13.0. The van der Waals surface area contributed by atoms with Gasteiger partial charge in [-0.15, -0.1) is 0 Å². The Morgan fingerprint density at radius 3 is 2.31 bits per heavy atom. The number of rotatable bonds is 8. The number of ether oxygens (including phenoxy) is 1. The monoisotopic (exact) mass is 736 g/mol. The first-order chi connectivity index (χ1) is 26.9. The Hall–Kier alpha value is -5.08. The average Bonchev–Trinajstić information content (AvgIpc) is 3.54. The number of phenolic OH excluding ortho intramolecular Hbond substituents is 1. The van der Waals surface area contributed by atoms with Crippen molar-refractivity contribution in [2.24, 2.45) is 5.92 Å². The Bertz CT molecular complexity index is 2050. The van der Waals surface area contributed by atoms with Crippen LogP contribution < -0.4 is 15.0 Å². The van der Waals surface area contributed by atoms with Crippen LogP contribution in [-0.4, -0.2) is 71.6 Å². The first-order valence-electron chi connectivity index (χ1n) is 20.4. The van der Waals surface area contributed by atoms with Gasteiger partial charge in [0.2, 0.25) is 5.91 Å². The summed E-state index contributed by atoms with van der Waals surface area (Å²) in [5.41, 5.74) is 8.90. The summed E-state index contributed by atoms with van der Waals surface area (Å²) in [6.07, 6.45) is 8.00. The van der Waals surface area contributed by atoms with Crippen LogP contribution in [0.3, 0.4) is 0 Å². The number of likely N-dealkylation sites (tertiary alicyclic amines) is 1. The lowest BCUT2D eigenvalue weighted by molar-refractivity contribution is -0.126. The molecule has 4 heterocycles. The lowest BCUT2D eigenvalue weighted by Crippen LogP contribution is -2.49. The van der Waals surface area contributed by atoms with Gasteiger partial charge in [-0.25, -0.2) is 0 Å². The molecule has 0 saturated carbocycles. The van der Waals surface area contributed by atoms with E-state index in [9.17, 15) is 14.7 Å². The number of anilines is 1. The second-order valence-corrected chi connectivity index (χ2v) is 16.5. The highest BCUT2D eigenvalue weighted by Gasteiger charge is 2.39. The molecule has 0 bridgehead atoms. The highest BCUT2D eigenvalue weighted by atomic mass is 16.5. The van der Waals surface area contributed by atoms with Gasteiger partial charge in [0.1, 0.15) is 23.6 Å². The summed E-state index contributed by atoms with van der Waals surface area (Å²) in [5.74, 6) is 2.43. The largest absolute Gasteiger partial charge is 0.508 e. The number of aromatic hydroxyl groups is 1. The smallest absolute Gasteiger partial charge is 0.255 e. The second-order valence-electron chi connectivity index (χ2n) is 16.5. The summed E-state index contributed by atoms with van der Waals surface area (Å²) in [4.78, 5) is 32.7. The van der Waals surface area contributed by atoms with E-state index >= 15 is 0 Å². The van der Waals surface area contributed by atoms with Crippen LogP contribution in [0.4, 0.5) is 5.69 Å². The number of aryl methyl sites for hydroxylation is 1. The van der Waals surface area contributed by atoms with E-state index in [-0.39, 0.29) is 23.8 Å². The van der Waals surface area contributed by atoms with E-state index in [0.29, 0.717) is 37.0 Å². The van der Waals surface area contributed by atoms with Crippen molar-refractivity contribution in [1.29, 1.82) is 0 Å². The fourth-order valence-corrected chi connectivity index (χ4v) is 10.0. The number of benzene rings is 4. The minimum atomic E-state index is -0.426. The normalized spacial score (nSPS) is 23.7. The van der Waals surface area contributed by atoms with Crippen molar-refractivity contribution >= 4 is 17.5 Å². The number of phenols is 1. The first kappa shape index (κ1) is 35.6. The maximum Gasteiger partial charge on any atom is 0.255 e. The second kappa shape index (κ2) is 15.2. The molecule has 1 aliphatic carbocycles. The summed E-state index contributed by atoms with van der Waals surface area (Å²) in [5, 5.41) is 13.0. The van der Waals surface area contributed by atoms with Crippen molar-refractivity contribution in [1.82, 2.24) is 15.1 Å². The zero-order chi connectivity index (χ0) is 37.5. The minimum absolute atomic E-state index is 0.0403. The first-order valence-corrected chi connectivity index (χ1v) is 20.4. The van der Waals surface area contributed by atoms with Crippen LogP contribution in [0.1, 0.15) is 95.0 Å². The maximum absolute atomic E-state index is 13.2. The van der Waals surface area contributed by atoms with Crippen molar-refractivity contribution in [3.8, 4) is 11.5 Å². The molecule has 4 aromatic carbocycles. The highest BCUT2D eigenvalue weighted by Crippen LogP contribution is 2.47. The molecular weight excluding hydrogens is 685 g/mol. The number of nitrogens with one attached hydrogen (secondary N) is 1. The molecule has 2 N–H and O–H groups in total. The lowest BCUT2D eigenvalue weighted by Gasteiger charge is -2.38. The van der Waals surface area contributed by atoms with Crippen molar-refractivity contribution in [3.05, 3.63) is 137 Å². The molecule has 284 valence electrons. The van der Waals surface area contributed by atoms with Crippen LogP contribution in [0, 0.1) is 5.92 Å². The molecule has 5 aliphatic rings. The van der Waals surface area contributed by atoms with Gasteiger partial charge in [-0.2, -0.15) is 0 Å². The van der Waals surface area contributed by atoms with Crippen LogP contribution >= 0.6 is 0 Å². The van der Waals surface area contributed by atoms with E-state index < -0.39 is 6.04 Å². The summed E-state index contributed by atoms with van der Waals surface area (Å²) in [7, 11) is 0. The van der Waals surface area contributed by atoms with E-state index in [1.807, 2.05) is 18.2 Å². The number of piperidine rings is 3. The van der Waals surface area contributed by atoms with Gasteiger partial charge in [-0.1, -0.05) is 55.1 Å². The van der Waals surface area contributed by atoms with Crippen molar-refractivity contribution in [2.75, 3.05) is 37.6 Å². The Balaban J connectivity index is 0.756. The summed E-state index contributed by atoms with van der Waals surface area (Å²) in [6, 6.07) is 31.4. The number of amides is 2. The number of nitrogens with zero attached hydrogens (tertiary/aromatic N) is 3. The third-order valence-corrected chi connectivity index (χ3v) is 13.0. The summed E-state index contributed by atoms with van der Waals surface area (Å²) in [6.45, 7) is 9.68. The molecule has 2 amide bonds. The van der Waals surface area contributed by atoms with Gasteiger partial charge in [-0.3, -0.25) is 9.59 Å². The maximum atomic E-state index is 13.2. The molecule has 3 atom stereocenters. The molecule has 55 heavy (non-hydrogen) atoms. The van der Waals surface area contributed by atoms with Gasteiger partial charge < -0.3 is 29.9 Å². The molecule has 4 aliphatic heterocycles. The summed E-state index contributed by atoms with van der Waals surface area (Å²) >= 11 is 0. The van der Waals surface area contributed by atoms with Gasteiger partial charge in [-0.05, 0) is 133 Å². The Kier molecular flexibility index (Phi) is 9.85. The number of fused-ring (bicyclic) bond motifs is 2. The van der Waals surface area contributed by atoms with Crippen molar-refractivity contribution < 1.29 is 19.4 Å². The Labute approximate surface area is 324 Å². The molecule has 3 saturated heterocycles. The van der Waals surface area contributed by atoms with Gasteiger partial charge in [0.25, 0.3) is 5.91 Å². The SMILES string of the molecule is C=C1CCC(N2Cc3cc(N4CCC(CN5CCC(Oc6ccc([C@H]7c8ccc(O)cc8CC[C@H]7c7ccccc7)cc6)CC5)CC4)ccc3C2=O)C(=O)N1. The molecule has 0 aromatic heterocycles. The molecule has 1 unspecified atom stereocenters. The Morgan fingerprint density at radius 2 is 1.55 bits per heavy atom. The van der Waals surface area contributed by atoms with Crippen LogP contribution in [0.25, 0.3) is 0 Å². The minimum Gasteiger partial charge on any atom is -0.508 e. The fraction of sp³-hybridized carbons (Fsp3) is 0.404. The van der Waals surface area contributed by atoms with Gasteiger partial charge in [0.05, 0.1) is 0 Å². The zero-order valence-corrected chi connectivity index (χ0v) is 31.7. The van der Waals surface area contributed by atoms with Crippen LogP contribution in [-0.2, 0) is 17.8 Å². The standard InChI is InChI=1S/C47H52N4O4/c1-31-7-18-44(46(53)48-31)51-30-36-27-37(11-16-43(36)47(51)54)50-25-19-32(20-26-50)29-49-23-21-40(22-24-49)55-39-13-8-34(9-14-39)45-41(33-5-3-2-4-6-33)15-10-35-28-38(52)12-17-42(35)45/h2-6,8-9,11-14,16-17,27-28,32,40-41,44-45,52H,1,7,10,15,18-26,29-30H2,(H,48,53)/t41-,44?,45+/m0/s1. The van der Waals surface area contributed by atoms with Crippen LogP contribution in [0.2, 0.25) is 0 Å². The lowest BCUT2D eigenvalue weighted by atomic mass is 9.69. The van der Waals surface area contributed by atoms with Gasteiger partial charge in [0, 0.05) is 62.1 Å². The highest BCUT2D eigenvalue weighted by molar-refractivity contribution is 6.01. The van der Waals surface area contributed by atoms with E-state index in [4.69, 9.17) is 4.74 Å². The molecule has 9 rings (SSSR count). The van der Waals surface area contributed by atoms with Gasteiger partial charge >= 0.3 is 0 Å². The quantitative estimate of drug-likeness (QED) is 0.193. The number of carbonyl (C=O) groups excluding carboxylic acids is 2. The third kappa shape index (κ3) is 7.37. The number of hydrogen-bond acceptors (Lipinski definition) is 6. The van der Waals surface area contributed by atoms with E-state index in [1.54, 1.807) is 4.90 Å². The van der Waals surface area contributed by atoms with Crippen LogP contribution in [0.15, 0.2) is 103 Å². The molecule has 3 fully saturated rings. The van der Waals surface area contributed by atoms with Crippen molar-refractivity contribution in [3.63, 3.8) is 0 Å². The van der Waals surface area contributed by atoms with E-state index in [0.717, 1.165) is 93.8 Å². The predicted molar refractivity (Wildman–Crippen MR) is 216 cm³/mol. The molecule has 8 heteroatoms. The van der Waals surface area contributed by atoms with E-state index in [1.165, 1.54) is 27.9 Å². The molecular formula is C47H52N4O4. The molecule has 0 radical (unpaired) electrons. The van der Waals surface area contributed by atoms with Gasteiger partial charge in [0.15, 0.2) is 0 Å². The number of carbonyl (C=O) groups is 2. The molecule has 4 aromatic rings. The van der Waals surface area contributed by atoms with Crippen molar-refractivity contribution in [2.45, 2.75) is 81.9 Å². The molecule has 0 spiro atoms. The number of allylic oxidation sites excluding steroid dienone is 1. The fourth-order valence-electron chi connectivity index (χ4n) is 10.0. The number of hydrogen-bond donors (Lipinski definition) is 2. The van der Waals surface area contributed by atoms with Crippen LogP contribution in [0.5, 0.6) is 11.5 Å². The average molecular weight is 737 g/mol. The molecule has 8 nitrogen and oxygen atoms in total. The van der Waals surface area contributed by atoms with E-state index in [2.05, 4.69) is 94.5 Å². The topological polar surface area (TPSA) is 85.4 Å². The Morgan fingerprint density at radius 1 is 0.764 bits per heavy atom. The predicted octanol–water partition coefficient (Wildman–Crippen LogP) is 7.76. The zero-order valence-electron chi connectivity index (χ0n) is 31.7.